The van der Waals surface area contributed by atoms with E-state index in [-0.39, 0.29) is 17.3 Å². The molecule has 0 atom stereocenters. The Morgan fingerprint density at radius 2 is 1.29 bits per heavy atom. The fourth-order valence-corrected chi connectivity index (χ4v) is 2.80. The van der Waals surface area contributed by atoms with Gasteiger partial charge in [-0.25, -0.2) is 4.39 Å². The number of phenols is 2. The van der Waals surface area contributed by atoms with Gasteiger partial charge in [-0.2, -0.15) is 0 Å². The Kier molecular flexibility index (Phi) is 3.24. The molecule has 4 aromatic rings. The van der Waals surface area contributed by atoms with Gasteiger partial charge in [-0.05, 0) is 60.2 Å². The first-order valence-electron chi connectivity index (χ1n) is 7.43. The van der Waals surface area contributed by atoms with Gasteiger partial charge in [0.15, 0.2) is 0 Å². The molecule has 0 unspecified atom stereocenters. The highest BCUT2D eigenvalue weighted by molar-refractivity contribution is 6.01. The van der Waals surface area contributed by atoms with Crippen LogP contribution in [0.15, 0.2) is 71.1 Å². The minimum Gasteiger partial charge on any atom is -0.508 e. The molecule has 4 rings (SSSR count). The van der Waals surface area contributed by atoms with Crippen molar-refractivity contribution < 1.29 is 19.0 Å². The molecule has 118 valence electrons. The molecule has 0 aliphatic rings. The fourth-order valence-electron chi connectivity index (χ4n) is 2.80. The van der Waals surface area contributed by atoms with Gasteiger partial charge in [0.2, 0.25) is 0 Å². The molecule has 0 spiro atoms. The van der Waals surface area contributed by atoms with Crippen LogP contribution in [-0.2, 0) is 0 Å². The lowest BCUT2D eigenvalue weighted by molar-refractivity contribution is 0.475. The lowest BCUT2D eigenvalue weighted by Crippen LogP contribution is -1.81. The number of benzene rings is 3. The van der Waals surface area contributed by atoms with Crippen LogP contribution in [0.1, 0.15) is 0 Å². The van der Waals surface area contributed by atoms with Crippen LogP contribution in [0, 0.1) is 5.82 Å². The summed E-state index contributed by atoms with van der Waals surface area (Å²) in [6.07, 6.45) is 0. The topological polar surface area (TPSA) is 53.6 Å². The summed E-state index contributed by atoms with van der Waals surface area (Å²) in [6.45, 7) is 0. The molecule has 0 radical (unpaired) electrons. The minimum absolute atomic E-state index is 0.156. The van der Waals surface area contributed by atoms with Gasteiger partial charge in [-0.3, -0.25) is 0 Å². The van der Waals surface area contributed by atoms with E-state index in [4.69, 9.17) is 4.42 Å². The van der Waals surface area contributed by atoms with Crippen molar-refractivity contribution in [3.8, 4) is 33.9 Å². The summed E-state index contributed by atoms with van der Waals surface area (Å²) >= 11 is 0. The van der Waals surface area contributed by atoms with Gasteiger partial charge < -0.3 is 14.6 Å². The van der Waals surface area contributed by atoms with Gasteiger partial charge in [0.05, 0.1) is 0 Å². The van der Waals surface area contributed by atoms with Gasteiger partial charge in [0.1, 0.15) is 28.7 Å². The maximum atomic E-state index is 13.7. The highest BCUT2D eigenvalue weighted by Gasteiger charge is 2.18. The highest BCUT2D eigenvalue weighted by atomic mass is 19.1. The number of furan rings is 1. The Labute approximate surface area is 137 Å². The first kappa shape index (κ1) is 14.3. The van der Waals surface area contributed by atoms with Crippen LogP contribution in [-0.4, -0.2) is 10.2 Å². The van der Waals surface area contributed by atoms with Crippen molar-refractivity contribution in [1.82, 2.24) is 0 Å². The zero-order chi connectivity index (χ0) is 16.7. The van der Waals surface area contributed by atoms with E-state index in [9.17, 15) is 14.6 Å². The molecule has 0 fully saturated rings. The third-order valence-electron chi connectivity index (χ3n) is 3.94. The van der Waals surface area contributed by atoms with Crippen LogP contribution in [0.5, 0.6) is 11.5 Å². The van der Waals surface area contributed by atoms with Crippen molar-refractivity contribution in [2.45, 2.75) is 0 Å². The van der Waals surface area contributed by atoms with E-state index in [1.165, 1.54) is 12.1 Å². The third-order valence-corrected chi connectivity index (χ3v) is 3.94. The SMILES string of the molecule is Oc1ccc(-c2oc3ccc(F)cc3c2-c2ccc(O)cc2)cc1. The molecular weight excluding hydrogens is 307 g/mol. The van der Waals surface area contributed by atoms with Crippen molar-refractivity contribution in [2.75, 3.05) is 0 Å². The summed E-state index contributed by atoms with van der Waals surface area (Å²) in [6, 6.07) is 17.7. The summed E-state index contributed by atoms with van der Waals surface area (Å²) in [7, 11) is 0. The maximum Gasteiger partial charge on any atom is 0.143 e. The number of aromatic hydroxyl groups is 2. The molecule has 0 amide bonds. The summed E-state index contributed by atoms with van der Waals surface area (Å²) in [5.41, 5.74) is 2.89. The van der Waals surface area contributed by atoms with Crippen LogP contribution >= 0.6 is 0 Å². The number of fused-ring (bicyclic) bond motifs is 1. The third kappa shape index (κ3) is 2.38. The van der Waals surface area contributed by atoms with Gasteiger partial charge >= 0.3 is 0 Å². The summed E-state index contributed by atoms with van der Waals surface area (Å²) in [5, 5.41) is 19.7. The number of phenolic OH excluding ortho intramolecular Hbond substituents is 2. The molecule has 3 nitrogen and oxygen atoms in total. The molecule has 0 aliphatic carbocycles. The smallest absolute Gasteiger partial charge is 0.143 e. The zero-order valence-electron chi connectivity index (χ0n) is 12.5. The van der Waals surface area contributed by atoms with E-state index in [1.54, 1.807) is 54.6 Å². The van der Waals surface area contributed by atoms with Crippen molar-refractivity contribution in [3.63, 3.8) is 0 Å². The quantitative estimate of drug-likeness (QED) is 0.526. The first-order chi connectivity index (χ1) is 11.6. The Morgan fingerprint density at radius 3 is 1.92 bits per heavy atom. The summed E-state index contributed by atoms with van der Waals surface area (Å²) in [5.74, 6) is 0.554. The van der Waals surface area contributed by atoms with Crippen LogP contribution in [0.2, 0.25) is 0 Å². The molecule has 0 aliphatic heterocycles. The Hall–Kier alpha value is -3.27. The molecule has 1 aromatic heterocycles. The van der Waals surface area contributed by atoms with Crippen LogP contribution in [0.25, 0.3) is 33.4 Å². The number of hydrogen-bond acceptors (Lipinski definition) is 3. The summed E-state index contributed by atoms with van der Waals surface area (Å²) in [4.78, 5) is 0. The number of halogens is 1. The Morgan fingerprint density at radius 1 is 0.708 bits per heavy atom. The molecule has 0 saturated carbocycles. The standard InChI is InChI=1S/C20H13FO3/c21-14-5-10-18-17(11-14)19(12-1-6-15(22)7-2-12)20(24-18)13-3-8-16(23)9-4-13/h1-11,22-23H. The maximum absolute atomic E-state index is 13.7. The van der Waals surface area contributed by atoms with Crippen molar-refractivity contribution in [1.29, 1.82) is 0 Å². The van der Waals surface area contributed by atoms with E-state index in [2.05, 4.69) is 0 Å². The lowest BCUT2D eigenvalue weighted by atomic mass is 9.98. The zero-order valence-corrected chi connectivity index (χ0v) is 12.5. The molecule has 2 N–H and O–H groups in total. The van der Waals surface area contributed by atoms with Crippen molar-refractivity contribution in [3.05, 3.63) is 72.5 Å². The Bertz CT molecular complexity index is 1020. The predicted molar refractivity (Wildman–Crippen MR) is 90.4 cm³/mol. The number of rotatable bonds is 2. The molecule has 24 heavy (non-hydrogen) atoms. The highest BCUT2D eigenvalue weighted by Crippen LogP contribution is 2.41. The average Bonchev–Trinajstić information content (AvgIpc) is 2.95. The molecule has 4 heteroatoms. The minimum atomic E-state index is -0.347. The van der Waals surface area contributed by atoms with Gasteiger partial charge in [0, 0.05) is 16.5 Å². The van der Waals surface area contributed by atoms with Gasteiger partial charge in [0.25, 0.3) is 0 Å². The van der Waals surface area contributed by atoms with E-state index < -0.39 is 0 Å². The Balaban J connectivity index is 2.03. The van der Waals surface area contributed by atoms with E-state index in [0.29, 0.717) is 16.7 Å². The van der Waals surface area contributed by atoms with E-state index in [0.717, 1.165) is 16.7 Å². The molecule has 0 saturated heterocycles. The van der Waals surface area contributed by atoms with Crippen molar-refractivity contribution >= 4 is 11.0 Å². The second-order valence-corrected chi connectivity index (χ2v) is 5.54. The second kappa shape index (κ2) is 5.42. The van der Waals surface area contributed by atoms with Crippen LogP contribution in [0.4, 0.5) is 4.39 Å². The second-order valence-electron chi connectivity index (χ2n) is 5.54. The van der Waals surface area contributed by atoms with Crippen LogP contribution in [0.3, 0.4) is 0 Å². The normalized spacial score (nSPS) is 11.0. The largest absolute Gasteiger partial charge is 0.508 e. The predicted octanol–water partition coefficient (Wildman–Crippen LogP) is 5.32. The van der Waals surface area contributed by atoms with E-state index >= 15 is 0 Å². The number of hydrogen-bond donors (Lipinski definition) is 2. The molecule has 0 bridgehead atoms. The first-order valence-corrected chi connectivity index (χ1v) is 7.43. The van der Waals surface area contributed by atoms with Gasteiger partial charge in [-0.15, -0.1) is 0 Å². The fraction of sp³-hybridized carbons (Fsp3) is 0. The van der Waals surface area contributed by atoms with Crippen LogP contribution < -0.4 is 0 Å². The lowest BCUT2D eigenvalue weighted by Gasteiger charge is -2.05. The molecular formula is C20H13FO3. The molecule has 1 heterocycles. The van der Waals surface area contributed by atoms with Gasteiger partial charge in [-0.1, -0.05) is 12.1 Å². The molecule has 3 aromatic carbocycles. The van der Waals surface area contributed by atoms with E-state index in [1.807, 2.05) is 0 Å². The average molecular weight is 320 g/mol. The van der Waals surface area contributed by atoms with Crippen molar-refractivity contribution in [2.24, 2.45) is 0 Å². The summed E-state index contributed by atoms with van der Waals surface area (Å²) < 4.78 is 19.7. The monoisotopic (exact) mass is 320 g/mol.